The van der Waals surface area contributed by atoms with E-state index in [1.165, 1.54) is 12.1 Å². The highest BCUT2D eigenvalue weighted by Gasteiger charge is 2.14. The van der Waals surface area contributed by atoms with Gasteiger partial charge >= 0.3 is 0 Å². The minimum absolute atomic E-state index is 0.180. The smallest absolute Gasteiger partial charge is 0.261 e. The van der Waals surface area contributed by atoms with Gasteiger partial charge in [-0.2, -0.15) is 0 Å². The van der Waals surface area contributed by atoms with Crippen LogP contribution in [0.5, 0.6) is 11.6 Å². The molecule has 29 heavy (non-hydrogen) atoms. The lowest BCUT2D eigenvalue weighted by Gasteiger charge is -2.09. The van der Waals surface area contributed by atoms with Gasteiger partial charge in [0.1, 0.15) is 5.75 Å². The molecule has 0 saturated carbocycles. The van der Waals surface area contributed by atoms with Gasteiger partial charge in [-0.1, -0.05) is 15.9 Å². The Morgan fingerprint density at radius 1 is 0.862 bits per heavy atom. The van der Waals surface area contributed by atoms with Gasteiger partial charge in [-0.15, -0.1) is 10.2 Å². The highest BCUT2D eigenvalue weighted by Crippen LogP contribution is 2.23. The Bertz CT molecular complexity index is 1190. The number of hydrogen-bond donors (Lipinski definition) is 1. The first kappa shape index (κ1) is 19.2. The predicted molar refractivity (Wildman–Crippen MR) is 113 cm³/mol. The maximum Gasteiger partial charge on any atom is 0.261 e. The average molecular weight is 471 g/mol. The van der Waals surface area contributed by atoms with Crippen molar-refractivity contribution in [3.8, 4) is 17.4 Å². The van der Waals surface area contributed by atoms with Crippen LogP contribution in [0.1, 0.15) is 0 Å². The van der Waals surface area contributed by atoms with Crippen molar-refractivity contribution in [3.05, 3.63) is 89.7 Å². The van der Waals surface area contributed by atoms with Crippen molar-refractivity contribution in [2.45, 2.75) is 4.90 Å². The summed E-state index contributed by atoms with van der Waals surface area (Å²) in [6, 6.07) is 20.3. The van der Waals surface area contributed by atoms with Crippen LogP contribution in [0.15, 0.2) is 94.6 Å². The van der Waals surface area contributed by atoms with E-state index in [4.69, 9.17) is 4.74 Å². The van der Waals surface area contributed by atoms with Crippen molar-refractivity contribution in [1.82, 2.24) is 14.8 Å². The Labute approximate surface area is 176 Å². The maximum absolute atomic E-state index is 12.4. The third-order valence-electron chi connectivity index (χ3n) is 3.95. The minimum atomic E-state index is -3.66. The van der Waals surface area contributed by atoms with E-state index in [2.05, 4.69) is 30.8 Å². The van der Waals surface area contributed by atoms with Gasteiger partial charge in [0.25, 0.3) is 10.0 Å². The molecule has 0 aliphatic carbocycles. The summed E-state index contributed by atoms with van der Waals surface area (Å²) in [6.45, 7) is 0. The molecule has 0 amide bonds. The molecule has 0 saturated heterocycles. The summed E-state index contributed by atoms with van der Waals surface area (Å²) in [5.41, 5.74) is 0.425. The van der Waals surface area contributed by atoms with Crippen LogP contribution in [-0.2, 0) is 10.0 Å². The van der Waals surface area contributed by atoms with E-state index < -0.39 is 10.0 Å². The van der Waals surface area contributed by atoms with E-state index in [0.29, 0.717) is 23.1 Å². The number of anilines is 1. The molecule has 2 heterocycles. The van der Waals surface area contributed by atoms with E-state index in [1.807, 2.05) is 29.1 Å². The molecule has 4 rings (SSSR count). The lowest BCUT2D eigenvalue weighted by Crippen LogP contribution is -2.12. The van der Waals surface area contributed by atoms with E-state index in [9.17, 15) is 8.42 Å². The second kappa shape index (κ2) is 8.06. The number of nitrogens with one attached hydrogen (secondary N) is 1. The van der Waals surface area contributed by atoms with Gasteiger partial charge in [0.15, 0.2) is 5.82 Å². The van der Waals surface area contributed by atoms with Gasteiger partial charge in [0.05, 0.1) is 4.90 Å². The standard InChI is InChI=1S/C20H15BrN4O3S/c21-15-3-9-18(10-4-15)29(26,27)24-16-5-7-17(8-6-16)28-20-12-11-19(22-23-20)25-13-1-2-14-25/h1-14,24H. The summed E-state index contributed by atoms with van der Waals surface area (Å²) in [6.07, 6.45) is 3.75. The summed E-state index contributed by atoms with van der Waals surface area (Å²) in [4.78, 5) is 0.180. The fraction of sp³-hybridized carbons (Fsp3) is 0. The van der Waals surface area contributed by atoms with E-state index in [1.54, 1.807) is 48.5 Å². The number of nitrogens with zero attached hydrogens (tertiary/aromatic N) is 3. The van der Waals surface area contributed by atoms with Crippen molar-refractivity contribution in [2.24, 2.45) is 0 Å². The van der Waals surface area contributed by atoms with Crippen molar-refractivity contribution in [1.29, 1.82) is 0 Å². The van der Waals surface area contributed by atoms with Crippen molar-refractivity contribution >= 4 is 31.6 Å². The van der Waals surface area contributed by atoms with Crippen molar-refractivity contribution in [2.75, 3.05) is 4.72 Å². The number of halogens is 1. The van der Waals surface area contributed by atoms with Crippen molar-refractivity contribution in [3.63, 3.8) is 0 Å². The second-order valence-corrected chi connectivity index (χ2v) is 8.60. The number of benzene rings is 2. The molecule has 0 fully saturated rings. The minimum Gasteiger partial charge on any atom is -0.438 e. The van der Waals surface area contributed by atoms with Gasteiger partial charge in [-0.25, -0.2) is 8.42 Å². The number of aromatic nitrogens is 3. The van der Waals surface area contributed by atoms with Crippen LogP contribution < -0.4 is 9.46 Å². The monoisotopic (exact) mass is 470 g/mol. The van der Waals surface area contributed by atoms with E-state index >= 15 is 0 Å². The lowest BCUT2D eigenvalue weighted by atomic mass is 10.3. The molecule has 9 heteroatoms. The quantitative estimate of drug-likeness (QED) is 0.444. The molecule has 0 unspecified atom stereocenters. The topological polar surface area (TPSA) is 86.1 Å². The Kier molecular flexibility index (Phi) is 5.32. The first-order valence-corrected chi connectivity index (χ1v) is 10.8. The van der Waals surface area contributed by atoms with Crippen LogP contribution in [0, 0.1) is 0 Å². The SMILES string of the molecule is O=S(=O)(Nc1ccc(Oc2ccc(-n3cccc3)nn2)cc1)c1ccc(Br)cc1. The molecule has 1 N–H and O–H groups in total. The van der Waals surface area contributed by atoms with Crippen LogP contribution in [0.3, 0.4) is 0 Å². The first-order chi connectivity index (χ1) is 14.0. The van der Waals surface area contributed by atoms with Crippen molar-refractivity contribution < 1.29 is 13.2 Å². The van der Waals surface area contributed by atoms with Crippen LogP contribution in [0.2, 0.25) is 0 Å². The molecule has 146 valence electrons. The number of ether oxygens (including phenoxy) is 1. The molecule has 0 atom stereocenters. The van der Waals surface area contributed by atoms with Gasteiger partial charge in [0.2, 0.25) is 5.88 Å². The molecular formula is C20H15BrN4O3S. The Balaban J connectivity index is 1.43. The molecule has 0 bridgehead atoms. The van der Waals surface area contributed by atoms with Crippen LogP contribution >= 0.6 is 15.9 Å². The molecule has 2 aromatic carbocycles. The highest BCUT2D eigenvalue weighted by molar-refractivity contribution is 9.10. The average Bonchev–Trinajstić information content (AvgIpc) is 3.25. The molecule has 0 aliphatic rings. The molecule has 0 spiro atoms. The fourth-order valence-electron chi connectivity index (χ4n) is 2.53. The van der Waals surface area contributed by atoms with E-state index in [-0.39, 0.29) is 4.90 Å². The van der Waals surface area contributed by atoms with Crippen LogP contribution in [-0.4, -0.2) is 23.2 Å². The molecule has 4 aromatic rings. The lowest BCUT2D eigenvalue weighted by molar-refractivity contribution is 0.454. The van der Waals surface area contributed by atoms with Crippen LogP contribution in [0.25, 0.3) is 5.82 Å². The molecule has 0 aliphatic heterocycles. The zero-order valence-electron chi connectivity index (χ0n) is 14.9. The summed E-state index contributed by atoms with van der Waals surface area (Å²) in [7, 11) is -3.66. The Morgan fingerprint density at radius 2 is 1.55 bits per heavy atom. The molecular weight excluding hydrogens is 456 g/mol. The Hall–Kier alpha value is -3.17. The van der Waals surface area contributed by atoms with E-state index in [0.717, 1.165) is 4.47 Å². The normalized spacial score (nSPS) is 11.2. The molecule has 7 nitrogen and oxygen atoms in total. The molecule has 0 radical (unpaired) electrons. The van der Waals surface area contributed by atoms with Crippen LogP contribution in [0.4, 0.5) is 5.69 Å². The zero-order chi connectivity index (χ0) is 20.3. The third-order valence-corrected chi connectivity index (χ3v) is 5.87. The largest absolute Gasteiger partial charge is 0.438 e. The fourth-order valence-corrected chi connectivity index (χ4v) is 3.85. The Morgan fingerprint density at radius 3 is 2.17 bits per heavy atom. The highest BCUT2D eigenvalue weighted by atomic mass is 79.9. The van der Waals surface area contributed by atoms with Gasteiger partial charge < -0.3 is 9.30 Å². The second-order valence-electron chi connectivity index (χ2n) is 6.01. The first-order valence-electron chi connectivity index (χ1n) is 8.53. The summed E-state index contributed by atoms with van der Waals surface area (Å²) >= 11 is 3.29. The summed E-state index contributed by atoms with van der Waals surface area (Å²) in [5, 5.41) is 8.17. The van der Waals surface area contributed by atoms with Gasteiger partial charge in [-0.05, 0) is 66.7 Å². The predicted octanol–water partition coefficient (Wildman–Crippen LogP) is 4.62. The zero-order valence-corrected chi connectivity index (χ0v) is 17.3. The third kappa shape index (κ3) is 4.64. The number of hydrogen-bond acceptors (Lipinski definition) is 5. The summed E-state index contributed by atoms with van der Waals surface area (Å²) in [5.74, 6) is 1.53. The molecule has 2 aromatic heterocycles. The maximum atomic E-state index is 12.4. The number of sulfonamides is 1. The van der Waals surface area contributed by atoms with Gasteiger partial charge in [0, 0.05) is 28.6 Å². The number of rotatable bonds is 6. The van der Waals surface area contributed by atoms with Gasteiger partial charge in [-0.3, -0.25) is 4.72 Å². The summed E-state index contributed by atoms with van der Waals surface area (Å²) < 4.78 is 35.7.